The number of alkyl halides is 3. The van der Waals surface area contributed by atoms with Crippen molar-refractivity contribution in [2.45, 2.75) is 6.18 Å². The van der Waals surface area contributed by atoms with Crippen LogP contribution in [-0.4, -0.2) is 11.1 Å². The zero-order chi connectivity index (χ0) is 18.0. The number of thioether (sulfide) groups is 1. The van der Waals surface area contributed by atoms with Crippen LogP contribution in [-0.2, 0) is 11.0 Å². The second-order valence-electron chi connectivity index (χ2n) is 5.05. The van der Waals surface area contributed by atoms with Crippen molar-refractivity contribution in [1.29, 1.82) is 0 Å². The summed E-state index contributed by atoms with van der Waals surface area (Å²) in [6.07, 6.45) is -3.03. The second kappa shape index (κ2) is 6.72. The van der Waals surface area contributed by atoms with Gasteiger partial charge in [0.15, 0.2) is 5.17 Å². The maximum atomic E-state index is 13.0. The van der Waals surface area contributed by atoms with Crippen molar-refractivity contribution in [3.05, 3.63) is 70.4 Å². The number of amides is 1. The van der Waals surface area contributed by atoms with Gasteiger partial charge in [0.25, 0.3) is 5.91 Å². The third-order valence-electron chi connectivity index (χ3n) is 3.25. The standard InChI is InChI=1S/C17H10F4N2OS/c18-11-7-5-10(6-8-11)9-14-15(24)23-16(25-14)22-13-4-2-1-3-12(13)17(19,20)21/h1-9H,(H,22,23,24)/b14-9-. The molecule has 0 spiro atoms. The van der Waals surface area contributed by atoms with Gasteiger partial charge in [0.05, 0.1) is 16.2 Å². The predicted molar refractivity (Wildman–Crippen MR) is 88.6 cm³/mol. The number of hydrogen-bond acceptors (Lipinski definition) is 3. The quantitative estimate of drug-likeness (QED) is 0.616. The molecule has 0 saturated carbocycles. The first kappa shape index (κ1) is 17.2. The van der Waals surface area contributed by atoms with Gasteiger partial charge in [-0.25, -0.2) is 9.38 Å². The van der Waals surface area contributed by atoms with Gasteiger partial charge in [0, 0.05) is 0 Å². The van der Waals surface area contributed by atoms with E-state index in [1.54, 1.807) is 0 Å². The van der Waals surface area contributed by atoms with E-state index in [1.807, 2.05) is 0 Å². The van der Waals surface area contributed by atoms with Gasteiger partial charge in [-0.1, -0.05) is 24.3 Å². The molecule has 0 aromatic heterocycles. The fraction of sp³-hybridized carbons (Fsp3) is 0.0588. The van der Waals surface area contributed by atoms with E-state index in [-0.39, 0.29) is 15.8 Å². The van der Waals surface area contributed by atoms with Gasteiger partial charge in [-0.05, 0) is 47.7 Å². The molecule has 1 aliphatic heterocycles. The van der Waals surface area contributed by atoms with Crippen LogP contribution in [0.2, 0.25) is 0 Å². The number of para-hydroxylation sites is 1. The summed E-state index contributed by atoms with van der Waals surface area (Å²) in [5.74, 6) is -0.880. The zero-order valence-electron chi connectivity index (χ0n) is 12.5. The molecule has 3 nitrogen and oxygen atoms in total. The number of halogens is 4. The molecule has 0 unspecified atom stereocenters. The lowest BCUT2D eigenvalue weighted by atomic mass is 10.2. The van der Waals surface area contributed by atoms with Gasteiger partial charge in [-0.15, -0.1) is 0 Å². The van der Waals surface area contributed by atoms with Crippen LogP contribution in [0.25, 0.3) is 6.08 Å². The van der Waals surface area contributed by atoms with Gasteiger partial charge in [-0.2, -0.15) is 13.2 Å². The molecule has 2 aromatic rings. The van der Waals surface area contributed by atoms with Crippen molar-refractivity contribution in [2.75, 3.05) is 0 Å². The minimum atomic E-state index is -4.54. The molecule has 1 heterocycles. The second-order valence-corrected chi connectivity index (χ2v) is 6.08. The molecule has 0 aliphatic carbocycles. The normalized spacial score (nSPS) is 18.0. The average Bonchev–Trinajstić information content (AvgIpc) is 2.88. The highest BCUT2D eigenvalue weighted by Gasteiger charge is 2.34. The smallest absolute Gasteiger partial charge is 0.300 e. The van der Waals surface area contributed by atoms with E-state index in [0.717, 1.165) is 17.8 Å². The molecule has 25 heavy (non-hydrogen) atoms. The maximum Gasteiger partial charge on any atom is 0.418 e. The first-order chi connectivity index (χ1) is 11.8. The van der Waals surface area contributed by atoms with E-state index in [0.29, 0.717) is 5.56 Å². The number of nitrogens with zero attached hydrogens (tertiary/aromatic N) is 1. The zero-order valence-corrected chi connectivity index (χ0v) is 13.3. The Labute approximate surface area is 144 Å². The van der Waals surface area contributed by atoms with Gasteiger partial charge in [0.1, 0.15) is 5.82 Å². The molecule has 1 amide bonds. The SMILES string of the molecule is O=C1NC(=Nc2ccccc2C(F)(F)F)S/C1=C\c1ccc(F)cc1. The fourth-order valence-corrected chi connectivity index (χ4v) is 2.95. The highest BCUT2D eigenvalue weighted by Crippen LogP contribution is 2.37. The average molecular weight is 366 g/mol. The van der Waals surface area contributed by atoms with Crippen molar-refractivity contribution in [3.8, 4) is 0 Å². The molecular weight excluding hydrogens is 356 g/mol. The maximum absolute atomic E-state index is 13.0. The first-order valence-electron chi connectivity index (χ1n) is 7.04. The van der Waals surface area contributed by atoms with Gasteiger partial charge >= 0.3 is 6.18 Å². The minimum absolute atomic E-state index is 0.0510. The lowest BCUT2D eigenvalue weighted by Crippen LogP contribution is -2.19. The summed E-state index contributed by atoms with van der Waals surface area (Å²) in [6.45, 7) is 0. The van der Waals surface area contributed by atoms with E-state index in [1.165, 1.54) is 48.5 Å². The summed E-state index contributed by atoms with van der Waals surface area (Å²) in [5.41, 5.74) is -0.565. The Hall–Kier alpha value is -2.61. The van der Waals surface area contributed by atoms with Crippen LogP contribution >= 0.6 is 11.8 Å². The highest BCUT2D eigenvalue weighted by molar-refractivity contribution is 8.18. The summed E-state index contributed by atoms with van der Waals surface area (Å²) in [7, 11) is 0. The Balaban J connectivity index is 1.88. The molecule has 0 radical (unpaired) electrons. The number of nitrogens with one attached hydrogen (secondary N) is 1. The van der Waals surface area contributed by atoms with Crippen molar-refractivity contribution in [1.82, 2.24) is 5.32 Å². The fourth-order valence-electron chi connectivity index (χ4n) is 2.11. The summed E-state index contributed by atoms with van der Waals surface area (Å²) >= 11 is 0.921. The molecule has 128 valence electrons. The Morgan fingerprint density at radius 2 is 1.72 bits per heavy atom. The van der Waals surface area contributed by atoms with Crippen LogP contribution < -0.4 is 5.32 Å². The van der Waals surface area contributed by atoms with Gasteiger partial charge in [0.2, 0.25) is 0 Å². The number of carbonyl (C=O) groups excluding carboxylic acids is 1. The Morgan fingerprint density at radius 1 is 1.04 bits per heavy atom. The number of amidine groups is 1. The number of carbonyl (C=O) groups is 1. The molecule has 2 aromatic carbocycles. The Bertz CT molecular complexity index is 873. The van der Waals surface area contributed by atoms with Crippen LogP contribution in [0, 0.1) is 5.82 Å². The van der Waals surface area contributed by atoms with Crippen LogP contribution in [0.1, 0.15) is 11.1 Å². The molecule has 3 rings (SSSR count). The number of aliphatic imine (C=N–C) groups is 1. The van der Waals surface area contributed by atoms with Crippen molar-refractivity contribution in [3.63, 3.8) is 0 Å². The topological polar surface area (TPSA) is 41.5 Å². The van der Waals surface area contributed by atoms with E-state index >= 15 is 0 Å². The molecule has 1 aliphatic rings. The monoisotopic (exact) mass is 366 g/mol. The molecule has 8 heteroatoms. The molecular formula is C17H10F4N2OS. The van der Waals surface area contributed by atoms with Crippen LogP contribution in [0.3, 0.4) is 0 Å². The van der Waals surface area contributed by atoms with Gasteiger partial charge in [-0.3, -0.25) is 4.79 Å². The third kappa shape index (κ3) is 4.08. The predicted octanol–water partition coefficient (Wildman–Crippen LogP) is 4.74. The summed E-state index contributed by atoms with van der Waals surface area (Å²) in [6, 6.07) is 10.3. The summed E-state index contributed by atoms with van der Waals surface area (Å²) in [5, 5.41) is 2.48. The lowest BCUT2D eigenvalue weighted by Gasteiger charge is -2.09. The number of rotatable bonds is 2. The van der Waals surface area contributed by atoms with Crippen LogP contribution in [0.15, 0.2) is 58.4 Å². The summed E-state index contributed by atoms with van der Waals surface area (Å²) < 4.78 is 51.9. The highest BCUT2D eigenvalue weighted by atomic mass is 32.2. The Morgan fingerprint density at radius 3 is 2.40 bits per heavy atom. The first-order valence-corrected chi connectivity index (χ1v) is 7.86. The summed E-state index contributed by atoms with van der Waals surface area (Å²) in [4.78, 5) is 16.1. The molecule has 0 bridgehead atoms. The largest absolute Gasteiger partial charge is 0.418 e. The van der Waals surface area contributed by atoms with E-state index < -0.39 is 23.5 Å². The van der Waals surface area contributed by atoms with Crippen molar-refractivity contribution < 1.29 is 22.4 Å². The van der Waals surface area contributed by atoms with Crippen molar-refractivity contribution in [2.24, 2.45) is 4.99 Å². The van der Waals surface area contributed by atoms with E-state index in [4.69, 9.17) is 0 Å². The minimum Gasteiger partial charge on any atom is -0.300 e. The van der Waals surface area contributed by atoms with Crippen molar-refractivity contribution >= 4 is 34.6 Å². The molecule has 0 atom stereocenters. The molecule has 1 N–H and O–H groups in total. The number of benzene rings is 2. The number of hydrogen-bond donors (Lipinski definition) is 1. The van der Waals surface area contributed by atoms with E-state index in [2.05, 4.69) is 10.3 Å². The lowest BCUT2D eigenvalue weighted by molar-refractivity contribution is -0.137. The molecule has 1 fully saturated rings. The van der Waals surface area contributed by atoms with E-state index in [9.17, 15) is 22.4 Å². The third-order valence-corrected chi connectivity index (χ3v) is 4.16. The van der Waals surface area contributed by atoms with Gasteiger partial charge < -0.3 is 5.32 Å². The van der Waals surface area contributed by atoms with Crippen LogP contribution in [0.5, 0.6) is 0 Å². The Kier molecular flexibility index (Phi) is 4.63. The van der Waals surface area contributed by atoms with Crippen LogP contribution in [0.4, 0.5) is 23.2 Å². The molecule has 1 saturated heterocycles.